The Balaban J connectivity index is 1.75. The van der Waals surface area contributed by atoms with Crippen molar-refractivity contribution in [2.45, 2.75) is 26.0 Å². The summed E-state index contributed by atoms with van der Waals surface area (Å²) in [6, 6.07) is 6.46. The second-order valence-corrected chi connectivity index (χ2v) is 6.51. The molecule has 1 aliphatic heterocycles. The van der Waals surface area contributed by atoms with Gasteiger partial charge in [-0.25, -0.2) is 9.18 Å². The SMILES string of the molecule is C=CCOC(C)C(=O)OCC(=O)N1CCCN(Cc2ccc(F)cc2)CC1. The number of halogens is 1. The van der Waals surface area contributed by atoms with Gasteiger partial charge in [0.2, 0.25) is 0 Å². The second-order valence-electron chi connectivity index (χ2n) is 6.51. The molecule has 6 nitrogen and oxygen atoms in total. The van der Waals surface area contributed by atoms with Crippen molar-refractivity contribution < 1.29 is 23.5 Å². The van der Waals surface area contributed by atoms with Crippen molar-refractivity contribution >= 4 is 11.9 Å². The highest BCUT2D eigenvalue weighted by atomic mass is 19.1. The largest absolute Gasteiger partial charge is 0.454 e. The molecule has 0 spiro atoms. The first kappa shape index (κ1) is 21.1. The van der Waals surface area contributed by atoms with E-state index in [0.29, 0.717) is 13.1 Å². The van der Waals surface area contributed by atoms with E-state index in [1.807, 2.05) is 0 Å². The second kappa shape index (κ2) is 10.8. The van der Waals surface area contributed by atoms with Crippen LogP contribution in [0.4, 0.5) is 4.39 Å². The number of carbonyl (C=O) groups excluding carboxylic acids is 2. The molecule has 1 amide bonds. The van der Waals surface area contributed by atoms with Crippen LogP contribution >= 0.6 is 0 Å². The molecule has 1 aromatic carbocycles. The highest BCUT2D eigenvalue weighted by Gasteiger charge is 2.22. The number of benzene rings is 1. The summed E-state index contributed by atoms with van der Waals surface area (Å²) in [5.41, 5.74) is 1.04. The first-order valence-electron chi connectivity index (χ1n) is 9.13. The van der Waals surface area contributed by atoms with Crippen molar-refractivity contribution in [1.82, 2.24) is 9.80 Å². The number of esters is 1. The third-order valence-electron chi connectivity index (χ3n) is 4.39. The van der Waals surface area contributed by atoms with Crippen LogP contribution in [0, 0.1) is 5.82 Å². The fourth-order valence-electron chi connectivity index (χ4n) is 2.85. The predicted molar refractivity (Wildman–Crippen MR) is 99.4 cm³/mol. The Hall–Kier alpha value is -2.25. The quantitative estimate of drug-likeness (QED) is 0.512. The van der Waals surface area contributed by atoms with Gasteiger partial charge in [0.15, 0.2) is 12.7 Å². The molecule has 1 unspecified atom stereocenters. The molecule has 2 rings (SSSR count). The highest BCUT2D eigenvalue weighted by Crippen LogP contribution is 2.10. The third kappa shape index (κ3) is 7.11. The monoisotopic (exact) mass is 378 g/mol. The smallest absolute Gasteiger partial charge is 0.335 e. The van der Waals surface area contributed by atoms with Gasteiger partial charge in [-0.15, -0.1) is 6.58 Å². The van der Waals surface area contributed by atoms with E-state index in [0.717, 1.165) is 31.6 Å². The first-order valence-corrected chi connectivity index (χ1v) is 9.13. The van der Waals surface area contributed by atoms with Gasteiger partial charge in [0.05, 0.1) is 6.61 Å². The predicted octanol–water partition coefficient (Wildman–Crippen LogP) is 1.99. The lowest BCUT2D eigenvalue weighted by atomic mass is 10.2. The minimum absolute atomic E-state index is 0.206. The summed E-state index contributed by atoms with van der Waals surface area (Å²) in [6.45, 7) is 8.55. The van der Waals surface area contributed by atoms with Gasteiger partial charge in [-0.2, -0.15) is 0 Å². The molecule has 1 aliphatic rings. The Morgan fingerprint density at radius 1 is 1.22 bits per heavy atom. The summed E-state index contributed by atoms with van der Waals surface area (Å²) in [6.07, 6.45) is 1.65. The molecule has 148 valence electrons. The van der Waals surface area contributed by atoms with Gasteiger partial charge in [0, 0.05) is 32.7 Å². The Labute approximate surface area is 159 Å². The van der Waals surface area contributed by atoms with Crippen molar-refractivity contribution in [2.24, 2.45) is 0 Å². The lowest BCUT2D eigenvalue weighted by Gasteiger charge is -2.22. The third-order valence-corrected chi connectivity index (χ3v) is 4.39. The molecule has 7 heteroatoms. The maximum atomic E-state index is 13.0. The zero-order chi connectivity index (χ0) is 19.6. The number of hydrogen-bond acceptors (Lipinski definition) is 5. The number of ether oxygens (including phenoxy) is 2. The standard InChI is InChI=1S/C20H27FN2O4/c1-3-13-26-16(2)20(25)27-15-19(24)23-10-4-9-22(11-12-23)14-17-5-7-18(21)8-6-17/h3,5-8,16H,1,4,9-15H2,2H3. The van der Waals surface area contributed by atoms with Crippen LogP contribution in [0.1, 0.15) is 18.9 Å². The lowest BCUT2D eigenvalue weighted by Crippen LogP contribution is -2.38. The normalized spacial score (nSPS) is 16.4. The summed E-state index contributed by atoms with van der Waals surface area (Å²) in [7, 11) is 0. The van der Waals surface area contributed by atoms with Gasteiger partial charge in [0.25, 0.3) is 5.91 Å². The van der Waals surface area contributed by atoms with Gasteiger partial charge >= 0.3 is 5.97 Å². The fourth-order valence-corrected chi connectivity index (χ4v) is 2.85. The van der Waals surface area contributed by atoms with Crippen molar-refractivity contribution in [3.63, 3.8) is 0 Å². The van der Waals surface area contributed by atoms with Gasteiger partial charge in [-0.3, -0.25) is 9.69 Å². The Morgan fingerprint density at radius 2 is 1.96 bits per heavy atom. The minimum atomic E-state index is -0.730. The number of rotatable bonds is 8. The molecule has 1 atom stereocenters. The number of nitrogens with zero attached hydrogens (tertiary/aromatic N) is 2. The first-order chi connectivity index (χ1) is 13.0. The molecule has 1 fully saturated rings. The Bertz CT molecular complexity index is 635. The van der Waals surface area contributed by atoms with E-state index in [1.54, 1.807) is 30.0 Å². The Morgan fingerprint density at radius 3 is 2.67 bits per heavy atom. The molecule has 0 N–H and O–H groups in total. The summed E-state index contributed by atoms with van der Waals surface area (Å²) < 4.78 is 23.2. The van der Waals surface area contributed by atoms with Crippen LogP contribution in [-0.4, -0.2) is 67.2 Å². The molecular weight excluding hydrogens is 351 g/mol. The van der Waals surface area contributed by atoms with Crippen LogP contribution < -0.4 is 0 Å². The maximum absolute atomic E-state index is 13.0. The van der Waals surface area contributed by atoms with E-state index < -0.39 is 12.1 Å². The van der Waals surface area contributed by atoms with Crippen LogP contribution in [0.25, 0.3) is 0 Å². The average molecular weight is 378 g/mol. The van der Waals surface area contributed by atoms with E-state index in [4.69, 9.17) is 9.47 Å². The Kier molecular flexibility index (Phi) is 8.42. The number of carbonyl (C=O) groups is 2. The summed E-state index contributed by atoms with van der Waals surface area (Å²) in [4.78, 5) is 28.1. The summed E-state index contributed by atoms with van der Waals surface area (Å²) >= 11 is 0. The topological polar surface area (TPSA) is 59.1 Å². The van der Waals surface area contributed by atoms with E-state index in [9.17, 15) is 14.0 Å². The molecule has 0 aromatic heterocycles. The zero-order valence-electron chi connectivity index (χ0n) is 15.7. The van der Waals surface area contributed by atoms with Crippen molar-refractivity contribution in [2.75, 3.05) is 39.4 Å². The molecule has 27 heavy (non-hydrogen) atoms. The van der Waals surface area contributed by atoms with Crippen LogP contribution in [0.2, 0.25) is 0 Å². The molecule has 1 saturated heterocycles. The maximum Gasteiger partial charge on any atom is 0.335 e. The molecule has 0 saturated carbocycles. The van der Waals surface area contributed by atoms with Crippen molar-refractivity contribution in [3.05, 3.63) is 48.3 Å². The fraction of sp³-hybridized carbons (Fsp3) is 0.500. The number of amides is 1. The molecule has 0 radical (unpaired) electrons. The highest BCUT2D eigenvalue weighted by molar-refractivity contribution is 5.82. The van der Waals surface area contributed by atoms with E-state index in [2.05, 4.69) is 11.5 Å². The minimum Gasteiger partial charge on any atom is -0.454 e. The molecule has 1 aromatic rings. The molecule has 0 bridgehead atoms. The van der Waals surface area contributed by atoms with E-state index >= 15 is 0 Å². The van der Waals surface area contributed by atoms with Gasteiger partial charge < -0.3 is 14.4 Å². The lowest BCUT2D eigenvalue weighted by molar-refractivity contribution is -0.160. The van der Waals surface area contributed by atoms with Crippen molar-refractivity contribution in [3.8, 4) is 0 Å². The van der Waals surface area contributed by atoms with Gasteiger partial charge in [0.1, 0.15) is 5.82 Å². The van der Waals surface area contributed by atoms with Crippen LogP contribution in [0.15, 0.2) is 36.9 Å². The van der Waals surface area contributed by atoms with Crippen LogP contribution in [0.5, 0.6) is 0 Å². The van der Waals surface area contributed by atoms with E-state index in [1.165, 1.54) is 12.1 Å². The number of hydrogen-bond donors (Lipinski definition) is 0. The summed E-state index contributed by atoms with van der Waals surface area (Å²) in [5, 5.41) is 0. The van der Waals surface area contributed by atoms with Gasteiger partial charge in [-0.1, -0.05) is 18.2 Å². The molecule has 0 aliphatic carbocycles. The summed E-state index contributed by atoms with van der Waals surface area (Å²) in [5.74, 6) is -1.01. The van der Waals surface area contributed by atoms with Crippen molar-refractivity contribution in [1.29, 1.82) is 0 Å². The zero-order valence-corrected chi connectivity index (χ0v) is 15.7. The van der Waals surface area contributed by atoms with Gasteiger partial charge in [-0.05, 0) is 31.0 Å². The molecular formula is C20H27FN2O4. The van der Waals surface area contributed by atoms with Crippen LogP contribution in [0.3, 0.4) is 0 Å². The molecule has 1 heterocycles. The van der Waals surface area contributed by atoms with Crippen LogP contribution in [-0.2, 0) is 25.6 Å². The average Bonchev–Trinajstić information content (AvgIpc) is 2.91. The van der Waals surface area contributed by atoms with E-state index in [-0.39, 0.29) is 24.9 Å².